The fourth-order valence-electron chi connectivity index (χ4n) is 4.97. The maximum atomic E-state index is 10.2. The maximum absolute atomic E-state index is 10.2. The van der Waals surface area contributed by atoms with E-state index in [1.54, 1.807) is 21.1 Å². The molecule has 3 saturated heterocycles. The lowest BCUT2D eigenvalue weighted by atomic mass is 9.92. The van der Waals surface area contributed by atoms with Crippen LogP contribution in [0.15, 0.2) is 0 Å². The van der Waals surface area contributed by atoms with Crippen molar-refractivity contribution in [2.45, 2.75) is 114 Å². The van der Waals surface area contributed by atoms with Crippen molar-refractivity contribution >= 4 is 0 Å². The van der Waals surface area contributed by atoms with Crippen molar-refractivity contribution in [3.05, 3.63) is 0 Å². The van der Waals surface area contributed by atoms with Gasteiger partial charge in [-0.1, -0.05) is 0 Å². The molecule has 2 N–H and O–H groups in total. The molecule has 0 bridgehead atoms. The molecule has 0 aromatic heterocycles. The molecular formula is C22H40O9. The Bertz CT molecular complexity index is 549. The Morgan fingerprint density at radius 3 is 1.84 bits per heavy atom. The summed E-state index contributed by atoms with van der Waals surface area (Å²) in [5.41, 5.74) is 0. The van der Waals surface area contributed by atoms with Crippen molar-refractivity contribution in [3.8, 4) is 0 Å². The van der Waals surface area contributed by atoms with Gasteiger partial charge in [0.05, 0.1) is 42.7 Å². The summed E-state index contributed by atoms with van der Waals surface area (Å²) in [7, 11) is 3.34. The first-order valence-electron chi connectivity index (χ1n) is 11.4. The molecule has 0 aromatic carbocycles. The van der Waals surface area contributed by atoms with Crippen LogP contribution in [0.2, 0.25) is 0 Å². The van der Waals surface area contributed by atoms with E-state index in [0.29, 0.717) is 12.8 Å². The Morgan fingerprint density at radius 1 is 0.742 bits per heavy atom. The minimum absolute atomic E-state index is 0.0633. The number of hydrogen-bond acceptors (Lipinski definition) is 9. The van der Waals surface area contributed by atoms with Crippen LogP contribution in [0.4, 0.5) is 0 Å². The molecular weight excluding hydrogens is 408 g/mol. The summed E-state index contributed by atoms with van der Waals surface area (Å²) in [6.07, 6.45) is -1.70. The van der Waals surface area contributed by atoms with E-state index in [-0.39, 0.29) is 55.3 Å². The molecule has 3 heterocycles. The van der Waals surface area contributed by atoms with Crippen LogP contribution in [0.1, 0.15) is 47.0 Å². The first-order valence-corrected chi connectivity index (χ1v) is 11.4. The third-order valence-electron chi connectivity index (χ3n) is 6.74. The number of rotatable bonds is 7. The molecule has 0 amide bonds. The second-order valence-corrected chi connectivity index (χ2v) is 9.08. The van der Waals surface area contributed by atoms with Gasteiger partial charge < -0.3 is 43.4 Å². The zero-order chi connectivity index (χ0) is 22.7. The van der Waals surface area contributed by atoms with Gasteiger partial charge in [-0.3, -0.25) is 0 Å². The minimum Gasteiger partial charge on any atom is -0.396 e. The van der Waals surface area contributed by atoms with E-state index in [0.717, 1.165) is 6.42 Å². The Balaban J connectivity index is 1.60. The van der Waals surface area contributed by atoms with Gasteiger partial charge in [0.2, 0.25) is 0 Å². The number of hydrogen-bond donors (Lipinski definition) is 2. The molecule has 0 aromatic rings. The van der Waals surface area contributed by atoms with E-state index in [2.05, 4.69) is 0 Å². The topological polar surface area (TPSA) is 105 Å². The highest BCUT2D eigenvalue weighted by Crippen LogP contribution is 2.33. The molecule has 3 aliphatic heterocycles. The van der Waals surface area contributed by atoms with Gasteiger partial charge in [-0.25, -0.2) is 0 Å². The summed E-state index contributed by atoms with van der Waals surface area (Å²) in [5, 5.41) is 19.7. The number of ether oxygens (including phenoxy) is 7. The van der Waals surface area contributed by atoms with Gasteiger partial charge in [-0.15, -0.1) is 0 Å². The van der Waals surface area contributed by atoms with Gasteiger partial charge in [0.1, 0.15) is 12.2 Å². The zero-order valence-corrected chi connectivity index (χ0v) is 19.5. The molecule has 0 spiro atoms. The van der Waals surface area contributed by atoms with Crippen molar-refractivity contribution in [2.24, 2.45) is 5.92 Å². The van der Waals surface area contributed by atoms with Crippen molar-refractivity contribution in [3.63, 3.8) is 0 Å². The molecule has 182 valence electrons. The van der Waals surface area contributed by atoms with E-state index in [9.17, 15) is 10.2 Å². The second-order valence-electron chi connectivity index (χ2n) is 9.08. The van der Waals surface area contributed by atoms with Crippen LogP contribution in [0.3, 0.4) is 0 Å². The summed E-state index contributed by atoms with van der Waals surface area (Å²) >= 11 is 0. The molecule has 3 aliphatic rings. The Hall–Kier alpha value is -0.360. The van der Waals surface area contributed by atoms with Gasteiger partial charge >= 0.3 is 0 Å². The summed E-state index contributed by atoms with van der Waals surface area (Å²) in [5.74, 6) is -0.285. The van der Waals surface area contributed by atoms with E-state index in [1.165, 1.54) is 0 Å². The third kappa shape index (κ3) is 5.96. The lowest BCUT2D eigenvalue weighted by Gasteiger charge is -2.45. The van der Waals surface area contributed by atoms with E-state index in [1.807, 2.05) is 20.8 Å². The smallest absolute Gasteiger partial charge is 0.161 e. The highest BCUT2D eigenvalue weighted by Gasteiger charge is 2.45. The standard InChI is InChI=1S/C22H40O9/c1-11-7-16(25-5)21(13(3)27-11)31-19-9-17(26-6)22(14(4)29-19)30-18-8-15(10-23)20(24)12(2)28-18/h11-24H,7-10H2,1-6H3. The Labute approximate surface area is 185 Å². The van der Waals surface area contributed by atoms with Gasteiger partial charge in [-0.05, 0) is 27.7 Å². The van der Waals surface area contributed by atoms with Gasteiger partial charge in [-0.2, -0.15) is 0 Å². The SMILES string of the molecule is COC1CC(C)OC(C)C1OC1CC(OC)C(OC2CC(CO)C(O)C(C)O2)C(C)O1. The van der Waals surface area contributed by atoms with Crippen LogP contribution in [-0.2, 0) is 33.2 Å². The molecule has 0 aliphatic carbocycles. The lowest BCUT2D eigenvalue weighted by molar-refractivity contribution is -0.327. The molecule has 3 fully saturated rings. The van der Waals surface area contributed by atoms with Crippen LogP contribution in [0.5, 0.6) is 0 Å². The van der Waals surface area contributed by atoms with Crippen LogP contribution in [0, 0.1) is 5.92 Å². The summed E-state index contributed by atoms with van der Waals surface area (Å²) in [6.45, 7) is 7.62. The number of aliphatic hydroxyl groups is 2. The van der Waals surface area contributed by atoms with Crippen LogP contribution in [0.25, 0.3) is 0 Å². The van der Waals surface area contributed by atoms with Gasteiger partial charge in [0.25, 0.3) is 0 Å². The third-order valence-corrected chi connectivity index (χ3v) is 6.74. The zero-order valence-electron chi connectivity index (χ0n) is 19.5. The predicted octanol–water partition coefficient (Wildman–Crippen LogP) is 1.22. The summed E-state index contributed by atoms with van der Waals surface area (Å²) in [6, 6.07) is 0. The largest absolute Gasteiger partial charge is 0.396 e. The monoisotopic (exact) mass is 448 g/mol. The summed E-state index contributed by atoms with van der Waals surface area (Å²) in [4.78, 5) is 0. The predicted molar refractivity (Wildman–Crippen MR) is 110 cm³/mol. The van der Waals surface area contributed by atoms with Crippen molar-refractivity contribution < 1.29 is 43.4 Å². The van der Waals surface area contributed by atoms with Crippen molar-refractivity contribution in [1.82, 2.24) is 0 Å². The normalized spacial score (nSPS) is 49.2. The maximum Gasteiger partial charge on any atom is 0.161 e. The molecule has 3 rings (SSSR count). The second kappa shape index (κ2) is 11.2. The quantitative estimate of drug-likeness (QED) is 0.595. The van der Waals surface area contributed by atoms with Crippen LogP contribution < -0.4 is 0 Å². The number of methoxy groups -OCH3 is 2. The first kappa shape index (κ1) is 25.3. The molecule has 31 heavy (non-hydrogen) atoms. The molecule has 9 nitrogen and oxygen atoms in total. The molecule has 9 heteroatoms. The highest BCUT2D eigenvalue weighted by molar-refractivity contribution is 4.89. The highest BCUT2D eigenvalue weighted by atomic mass is 16.7. The van der Waals surface area contributed by atoms with Crippen LogP contribution in [-0.4, -0.2) is 98.6 Å². The fourth-order valence-corrected chi connectivity index (χ4v) is 4.97. The average Bonchev–Trinajstić information content (AvgIpc) is 2.73. The molecule has 0 radical (unpaired) electrons. The number of aliphatic hydroxyl groups excluding tert-OH is 2. The van der Waals surface area contributed by atoms with E-state index < -0.39 is 24.8 Å². The Kier molecular flexibility index (Phi) is 9.11. The van der Waals surface area contributed by atoms with Crippen molar-refractivity contribution in [1.29, 1.82) is 0 Å². The van der Waals surface area contributed by atoms with E-state index >= 15 is 0 Å². The van der Waals surface area contributed by atoms with Gasteiger partial charge in [0, 0.05) is 46.0 Å². The lowest BCUT2D eigenvalue weighted by Crippen LogP contribution is -2.56. The van der Waals surface area contributed by atoms with Crippen molar-refractivity contribution in [2.75, 3.05) is 20.8 Å². The average molecular weight is 449 g/mol. The minimum atomic E-state index is -0.711. The Morgan fingerprint density at radius 2 is 1.26 bits per heavy atom. The van der Waals surface area contributed by atoms with E-state index in [4.69, 9.17) is 33.2 Å². The van der Waals surface area contributed by atoms with Gasteiger partial charge in [0.15, 0.2) is 12.6 Å². The molecule has 12 unspecified atom stereocenters. The summed E-state index contributed by atoms with van der Waals surface area (Å²) < 4.78 is 41.8. The molecule has 0 saturated carbocycles. The van der Waals surface area contributed by atoms with Crippen LogP contribution >= 0.6 is 0 Å². The fraction of sp³-hybridized carbons (Fsp3) is 1.00. The first-order chi connectivity index (χ1) is 14.8. The molecule has 12 atom stereocenters.